The minimum absolute atomic E-state index is 0.391. The summed E-state index contributed by atoms with van der Waals surface area (Å²) >= 11 is 0. The molecule has 1 aromatic rings. The molecule has 0 aliphatic carbocycles. The molecule has 1 rings (SSSR count). The van der Waals surface area contributed by atoms with Gasteiger partial charge in [-0.2, -0.15) is 0 Å². The Bertz CT molecular complexity index is 448. The molecule has 24 heavy (non-hydrogen) atoms. The van der Waals surface area contributed by atoms with Crippen LogP contribution in [0.15, 0.2) is 24.3 Å². The third-order valence-electron chi connectivity index (χ3n) is 3.84. The summed E-state index contributed by atoms with van der Waals surface area (Å²) in [4.78, 5) is 2.29. The van der Waals surface area contributed by atoms with Crippen molar-refractivity contribution in [1.29, 1.82) is 0 Å². The fourth-order valence-corrected chi connectivity index (χ4v) is 2.54. The molecule has 0 spiro atoms. The summed E-state index contributed by atoms with van der Waals surface area (Å²) in [7, 11) is 1.70. The van der Waals surface area contributed by atoms with E-state index in [2.05, 4.69) is 38.7 Å². The first kappa shape index (κ1) is 20.9. The van der Waals surface area contributed by atoms with E-state index in [9.17, 15) is 5.11 Å². The third-order valence-corrected chi connectivity index (χ3v) is 3.84. The lowest BCUT2D eigenvalue weighted by Crippen LogP contribution is -2.36. The molecule has 1 N–H and O–H groups in total. The molecule has 138 valence electrons. The molecule has 0 amide bonds. The van der Waals surface area contributed by atoms with Gasteiger partial charge >= 0.3 is 0 Å². The Labute approximate surface area is 147 Å². The number of aliphatic hydroxyl groups is 1. The highest BCUT2D eigenvalue weighted by Crippen LogP contribution is 2.20. The summed E-state index contributed by atoms with van der Waals surface area (Å²) in [5.74, 6) is 2.03. The number of rotatable bonds is 12. The van der Waals surface area contributed by atoms with E-state index < -0.39 is 6.10 Å². The van der Waals surface area contributed by atoms with Crippen LogP contribution < -0.4 is 4.74 Å². The Hall–Kier alpha value is -1.10. The van der Waals surface area contributed by atoms with Crippen molar-refractivity contribution in [2.45, 2.75) is 46.8 Å². The minimum Gasteiger partial charge on any atom is -0.496 e. The van der Waals surface area contributed by atoms with E-state index in [1.54, 1.807) is 7.11 Å². The first-order valence-corrected chi connectivity index (χ1v) is 9.02. The van der Waals surface area contributed by atoms with Gasteiger partial charge in [-0.3, -0.25) is 4.90 Å². The van der Waals surface area contributed by atoms with Crippen molar-refractivity contribution in [1.82, 2.24) is 4.90 Å². The average Bonchev–Trinajstić information content (AvgIpc) is 2.52. The van der Waals surface area contributed by atoms with E-state index >= 15 is 0 Å². The topological polar surface area (TPSA) is 41.9 Å². The Morgan fingerprint density at radius 1 is 1.04 bits per heavy atom. The maximum atomic E-state index is 10.3. The number of ether oxygens (including phenoxy) is 2. The third kappa shape index (κ3) is 8.67. The van der Waals surface area contributed by atoms with Gasteiger partial charge in [0, 0.05) is 25.3 Å². The van der Waals surface area contributed by atoms with E-state index in [0.717, 1.165) is 30.8 Å². The zero-order valence-electron chi connectivity index (χ0n) is 16.0. The summed E-state index contributed by atoms with van der Waals surface area (Å²) in [6, 6.07) is 8.08. The van der Waals surface area contributed by atoms with Crippen molar-refractivity contribution in [3.05, 3.63) is 29.8 Å². The van der Waals surface area contributed by atoms with Gasteiger partial charge in [-0.15, -0.1) is 0 Å². The number of methoxy groups -OCH3 is 1. The van der Waals surface area contributed by atoms with Crippen LogP contribution in [0.4, 0.5) is 0 Å². The van der Waals surface area contributed by atoms with Crippen LogP contribution in [0, 0.1) is 11.8 Å². The van der Waals surface area contributed by atoms with Crippen LogP contribution >= 0.6 is 0 Å². The van der Waals surface area contributed by atoms with Crippen molar-refractivity contribution in [2.24, 2.45) is 11.8 Å². The van der Waals surface area contributed by atoms with Gasteiger partial charge < -0.3 is 14.6 Å². The highest BCUT2D eigenvalue weighted by atomic mass is 16.5. The number of aliphatic hydroxyl groups excluding tert-OH is 1. The molecule has 0 unspecified atom stereocenters. The molecule has 0 heterocycles. The second kappa shape index (κ2) is 11.5. The second-order valence-corrected chi connectivity index (χ2v) is 7.31. The highest BCUT2D eigenvalue weighted by Gasteiger charge is 2.15. The molecule has 1 atom stereocenters. The first-order valence-electron chi connectivity index (χ1n) is 9.02. The van der Waals surface area contributed by atoms with E-state index in [0.29, 0.717) is 31.6 Å². The minimum atomic E-state index is -0.467. The standard InChI is InChI=1S/C20H35NO3/c1-16(2)10-11-21(13-19(22)15-24-14-17(3)4)12-18-8-6-7-9-20(18)23-5/h6-9,16-17,19,22H,10-15H2,1-5H3/t19-/m1/s1. The molecule has 0 saturated heterocycles. The monoisotopic (exact) mass is 337 g/mol. The summed E-state index contributed by atoms with van der Waals surface area (Å²) in [6.45, 7) is 12.1. The van der Waals surface area contributed by atoms with Gasteiger partial charge in [0.1, 0.15) is 5.75 Å². The van der Waals surface area contributed by atoms with Crippen LogP contribution in [0.2, 0.25) is 0 Å². The number of para-hydroxylation sites is 1. The average molecular weight is 338 g/mol. The van der Waals surface area contributed by atoms with Gasteiger partial charge in [0.2, 0.25) is 0 Å². The lowest BCUT2D eigenvalue weighted by molar-refractivity contribution is 0.00619. The maximum Gasteiger partial charge on any atom is 0.123 e. The summed E-state index contributed by atoms with van der Waals surface area (Å²) in [5.41, 5.74) is 1.15. The van der Waals surface area contributed by atoms with Gasteiger partial charge in [-0.1, -0.05) is 45.9 Å². The maximum absolute atomic E-state index is 10.3. The van der Waals surface area contributed by atoms with Crippen molar-refractivity contribution in [3.8, 4) is 5.75 Å². The zero-order chi connectivity index (χ0) is 17.9. The number of hydrogen-bond acceptors (Lipinski definition) is 4. The smallest absolute Gasteiger partial charge is 0.123 e. The quantitative estimate of drug-likeness (QED) is 0.633. The predicted molar refractivity (Wildman–Crippen MR) is 99.4 cm³/mol. The fourth-order valence-electron chi connectivity index (χ4n) is 2.54. The second-order valence-electron chi connectivity index (χ2n) is 7.31. The molecule has 0 bridgehead atoms. The molecule has 0 aliphatic heterocycles. The number of benzene rings is 1. The molecular weight excluding hydrogens is 302 g/mol. The van der Waals surface area contributed by atoms with Crippen LogP contribution in [0.3, 0.4) is 0 Å². The van der Waals surface area contributed by atoms with E-state index in [1.165, 1.54) is 0 Å². The molecule has 0 saturated carbocycles. The molecule has 4 heteroatoms. The van der Waals surface area contributed by atoms with Crippen molar-refractivity contribution in [3.63, 3.8) is 0 Å². The lowest BCUT2D eigenvalue weighted by atomic mass is 10.1. The molecule has 0 aliphatic rings. The van der Waals surface area contributed by atoms with Crippen LogP contribution in [0.25, 0.3) is 0 Å². The Balaban J connectivity index is 2.62. The molecule has 0 radical (unpaired) electrons. The molecule has 1 aromatic carbocycles. The van der Waals surface area contributed by atoms with Crippen LogP contribution in [0.5, 0.6) is 5.75 Å². The summed E-state index contributed by atoms with van der Waals surface area (Å²) < 4.78 is 11.0. The zero-order valence-corrected chi connectivity index (χ0v) is 16.0. The van der Waals surface area contributed by atoms with Crippen LogP contribution in [0.1, 0.15) is 39.7 Å². The number of nitrogens with zero attached hydrogens (tertiary/aromatic N) is 1. The van der Waals surface area contributed by atoms with E-state index in [1.807, 2.05) is 18.2 Å². The van der Waals surface area contributed by atoms with Gasteiger partial charge in [0.05, 0.1) is 19.8 Å². The number of hydrogen-bond donors (Lipinski definition) is 1. The van der Waals surface area contributed by atoms with Crippen molar-refractivity contribution < 1.29 is 14.6 Å². The largest absolute Gasteiger partial charge is 0.496 e. The molecular formula is C20H35NO3. The SMILES string of the molecule is COc1ccccc1CN(CCC(C)C)C[C@@H](O)COCC(C)C. The Morgan fingerprint density at radius 2 is 1.75 bits per heavy atom. The van der Waals surface area contributed by atoms with Crippen LogP contribution in [-0.2, 0) is 11.3 Å². The van der Waals surface area contributed by atoms with Crippen molar-refractivity contribution in [2.75, 3.05) is 33.4 Å². The van der Waals surface area contributed by atoms with E-state index in [-0.39, 0.29) is 0 Å². The predicted octanol–water partition coefficient (Wildman–Crippen LogP) is 3.58. The highest BCUT2D eigenvalue weighted by molar-refractivity contribution is 5.33. The Kier molecular flexibility index (Phi) is 9.99. The van der Waals surface area contributed by atoms with Gasteiger partial charge in [-0.05, 0) is 30.9 Å². The van der Waals surface area contributed by atoms with Gasteiger partial charge in [0.25, 0.3) is 0 Å². The fraction of sp³-hybridized carbons (Fsp3) is 0.700. The van der Waals surface area contributed by atoms with E-state index in [4.69, 9.17) is 9.47 Å². The summed E-state index contributed by atoms with van der Waals surface area (Å²) in [6.07, 6.45) is 0.639. The lowest BCUT2D eigenvalue weighted by Gasteiger charge is -2.26. The van der Waals surface area contributed by atoms with Gasteiger partial charge in [0.15, 0.2) is 0 Å². The van der Waals surface area contributed by atoms with Crippen LogP contribution in [-0.4, -0.2) is 49.5 Å². The Morgan fingerprint density at radius 3 is 2.38 bits per heavy atom. The summed E-state index contributed by atoms with van der Waals surface area (Å²) in [5, 5.41) is 10.3. The first-order chi connectivity index (χ1) is 11.4. The van der Waals surface area contributed by atoms with Crippen molar-refractivity contribution >= 4 is 0 Å². The molecule has 0 fully saturated rings. The normalized spacial score (nSPS) is 13.0. The molecule has 4 nitrogen and oxygen atoms in total. The van der Waals surface area contributed by atoms with Gasteiger partial charge in [-0.25, -0.2) is 0 Å². The molecule has 0 aromatic heterocycles.